The Labute approximate surface area is 162 Å². The average molecular weight is 380 g/mol. The van der Waals surface area contributed by atoms with Gasteiger partial charge in [-0.05, 0) is 30.7 Å². The summed E-state index contributed by atoms with van der Waals surface area (Å²) in [6.07, 6.45) is 9.15. The Balaban J connectivity index is 1.23. The molecule has 0 radical (unpaired) electrons. The van der Waals surface area contributed by atoms with Gasteiger partial charge in [0.1, 0.15) is 17.8 Å². The number of likely N-dealkylation sites (tertiary alicyclic amines) is 1. The number of aromatic amines is 1. The molecular formula is C19H24N8O. The fraction of sp³-hybridized carbons (Fsp3) is 0.474. The zero-order valence-corrected chi connectivity index (χ0v) is 16.0. The lowest BCUT2D eigenvalue weighted by molar-refractivity contribution is 0.218. The second-order valence-electron chi connectivity index (χ2n) is 7.93. The highest BCUT2D eigenvalue weighted by Gasteiger charge is 2.44. The Hall–Kier alpha value is -3.10. The van der Waals surface area contributed by atoms with Gasteiger partial charge in [0.25, 0.3) is 0 Å². The first-order valence-corrected chi connectivity index (χ1v) is 9.64. The lowest BCUT2D eigenvalue weighted by atomic mass is 10.0. The van der Waals surface area contributed by atoms with E-state index in [0.717, 1.165) is 48.5 Å². The Morgan fingerprint density at radius 1 is 1.29 bits per heavy atom. The van der Waals surface area contributed by atoms with E-state index in [9.17, 15) is 4.79 Å². The zero-order chi connectivity index (χ0) is 19.3. The van der Waals surface area contributed by atoms with E-state index in [4.69, 9.17) is 0 Å². The van der Waals surface area contributed by atoms with E-state index >= 15 is 0 Å². The van der Waals surface area contributed by atoms with E-state index in [-0.39, 0.29) is 6.03 Å². The van der Waals surface area contributed by atoms with Crippen LogP contribution in [0.15, 0.2) is 31.0 Å². The smallest absolute Gasteiger partial charge is 0.321 e. The molecule has 146 valence electrons. The van der Waals surface area contributed by atoms with Gasteiger partial charge in [-0.15, -0.1) is 0 Å². The van der Waals surface area contributed by atoms with Crippen molar-refractivity contribution in [1.82, 2.24) is 29.6 Å². The second kappa shape index (κ2) is 6.50. The molecule has 9 nitrogen and oxygen atoms in total. The number of nitrogens with one attached hydrogen (secondary N) is 2. The minimum Gasteiger partial charge on any atom is -0.356 e. The maximum Gasteiger partial charge on any atom is 0.321 e. The SMILES string of the molecule is CN(c1ncnc2[nH]ccc12)C1CC2CN(C(=O)Nc3cnn(C)c3)C[C@@H]2C1. The van der Waals surface area contributed by atoms with E-state index in [1.165, 1.54) is 0 Å². The van der Waals surface area contributed by atoms with Crippen molar-refractivity contribution < 1.29 is 4.79 Å². The summed E-state index contributed by atoms with van der Waals surface area (Å²) < 4.78 is 1.68. The maximum absolute atomic E-state index is 12.6. The molecule has 2 aliphatic rings. The van der Waals surface area contributed by atoms with E-state index in [1.54, 1.807) is 17.2 Å². The molecule has 4 heterocycles. The minimum atomic E-state index is -0.0304. The molecule has 2 N–H and O–H groups in total. The Morgan fingerprint density at radius 3 is 2.79 bits per heavy atom. The molecule has 3 aromatic heterocycles. The number of hydrogen-bond acceptors (Lipinski definition) is 5. The topological polar surface area (TPSA) is 95.0 Å². The number of fused-ring (bicyclic) bond motifs is 2. The number of hydrogen-bond donors (Lipinski definition) is 2. The predicted octanol–water partition coefficient (Wildman–Crippen LogP) is 2.07. The van der Waals surface area contributed by atoms with Crippen LogP contribution in [0.4, 0.5) is 16.3 Å². The molecule has 3 aromatic rings. The van der Waals surface area contributed by atoms with Crippen molar-refractivity contribution in [2.24, 2.45) is 18.9 Å². The summed E-state index contributed by atoms with van der Waals surface area (Å²) >= 11 is 0. The summed E-state index contributed by atoms with van der Waals surface area (Å²) in [6.45, 7) is 1.62. The number of nitrogens with zero attached hydrogens (tertiary/aromatic N) is 6. The third kappa shape index (κ3) is 2.87. The summed E-state index contributed by atoms with van der Waals surface area (Å²) in [5, 5.41) is 8.09. The van der Waals surface area contributed by atoms with E-state index in [1.807, 2.05) is 30.4 Å². The van der Waals surface area contributed by atoms with Crippen LogP contribution in [-0.2, 0) is 7.05 Å². The van der Waals surface area contributed by atoms with Crippen molar-refractivity contribution in [3.05, 3.63) is 31.0 Å². The van der Waals surface area contributed by atoms with Gasteiger partial charge in [0.2, 0.25) is 0 Å². The van der Waals surface area contributed by atoms with Crippen molar-refractivity contribution in [1.29, 1.82) is 0 Å². The molecule has 2 unspecified atom stereocenters. The number of urea groups is 1. The first-order valence-electron chi connectivity index (χ1n) is 9.64. The number of H-pyrrole nitrogens is 1. The van der Waals surface area contributed by atoms with E-state index in [2.05, 4.69) is 37.3 Å². The molecule has 1 aliphatic carbocycles. The predicted molar refractivity (Wildman–Crippen MR) is 106 cm³/mol. The molecule has 2 fully saturated rings. The monoisotopic (exact) mass is 380 g/mol. The molecule has 1 aliphatic heterocycles. The Bertz CT molecular complexity index is 996. The Kier molecular flexibility index (Phi) is 3.96. The van der Waals surface area contributed by atoms with Crippen LogP contribution in [-0.4, -0.2) is 61.8 Å². The molecule has 2 amide bonds. The summed E-state index contributed by atoms with van der Waals surface area (Å²) in [4.78, 5) is 28.7. The van der Waals surface area contributed by atoms with Gasteiger partial charge in [0.05, 0.1) is 17.3 Å². The molecular weight excluding hydrogens is 356 g/mol. The van der Waals surface area contributed by atoms with Crippen molar-refractivity contribution in [3.63, 3.8) is 0 Å². The van der Waals surface area contributed by atoms with Crippen LogP contribution in [0.3, 0.4) is 0 Å². The van der Waals surface area contributed by atoms with Crippen LogP contribution in [0.5, 0.6) is 0 Å². The number of anilines is 2. The van der Waals surface area contributed by atoms with Crippen LogP contribution >= 0.6 is 0 Å². The van der Waals surface area contributed by atoms with Crippen LogP contribution in [0, 0.1) is 11.8 Å². The standard InChI is InChI=1S/C19H24N8O/c1-25-10-14(7-23-25)24-19(28)27-8-12-5-15(6-13(12)9-27)26(2)18-16-3-4-20-17(16)21-11-22-18/h3-4,7,10-13,15H,5-6,8-9H2,1-2H3,(H,24,28)(H,20,21,22)/t12-,13?,15?/m0/s1. The van der Waals surface area contributed by atoms with Crippen molar-refractivity contribution >= 4 is 28.6 Å². The molecule has 0 aromatic carbocycles. The van der Waals surface area contributed by atoms with Crippen molar-refractivity contribution in [2.75, 3.05) is 30.4 Å². The van der Waals surface area contributed by atoms with Gasteiger partial charge in [-0.25, -0.2) is 14.8 Å². The third-order valence-corrected chi connectivity index (χ3v) is 6.18. The first-order chi connectivity index (χ1) is 13.6. The molecule has 5 rings (SSSR count). The van der Waals surface area contributed by atoms with E-state index < -0.39 is 0 Å². The number of aromatic nitrogens is 5. The van der Waals surface area contributed by atoms with Gasteiger partial charge in [0.15, 0.2) is 0 Å². The number of carbonyl (C=O) groups is 1. The maximum atomic E-state index is 12.6. The summed E-state index contributed by atoms with van der Waals surface area (Å²) in [5.41, 5.74) is 1.61. The van der Waals surface area contributed by atoms with Crippen molar-refractivity contribution in [2.45, 2.75) is 18.9 Å². The average Bonchev–Trinajstić information content (AvgIpc) is 3.43. The molecule has 1 saturated heterocycles. The Morgan fingerprint density at radius 2 is 2.07 bits per heavy atom. The normalized spacial score (nSPS) is 23.9. The minimum absolute atomic E-state index is 0.0304. The van der Waals surface area contributed by atoms with Gasteiger partial charge >= 0.3 is 6.03 Å². The number of amides is 2. The van der Waals surface area contributed by atoms with Gasteiger partial charge < -0.3 is 20.1 Å². The molecule has 3 atom stereocenters. The third-order valence-electron chi connectivity index (χ3n) is 6.18. The lowest BCUT2D eigenvalue weighted by Crippen LogP contribution is -2.36. The van der Waals surface area contributed by atoms with Crippen LogP contribution in [0.25, 0.3) is 11.0 Å². The number of carbonyl (C=O) groups excluding carboxylic acids is 1. The first kappa shape index (κ1) is 17.0. The molecule has 1 saturated carbocycles. The van der Waals surface area contributed by atoms with Crippen LogP contribution in [0.1, 0.15) is 12.8 Å². The van der Waals surface area contributed by atoms with Gasteiger partial charge in [-0.3, -0.25) is 4.68 Å². The quantitative estimate of drug-likeness (QED) is 0.725. The van der Waals surface area contributed by atoms with Crippen LogP contribution in [0.2, 0.25) is 0 Å². The fourth-order valence-electron chi connectivity index (χ4n) is 4.75. The summed E-state index contributed by atoms with van der Waals surface area (Å²) in [7, 11) is 3.96. The van der Waals surface area contributed by atoms with Gasteiger partial charge in [-0.1, -0.05) is 0 Å². The highest BCUT2D eigenvalue weighted by molar-refractivity contribution is 5.89. The molecule has 0 spiro atoms. The van der Waals surface area contributed by atoms with Gasteiger partial charge in [0, 0.05) is 45.6 Å². The molecule has 9 heteroatoms. The summed E-state index contributed by atoms with van der Waals surface area (Å²) in [6, 6.07) is 2.44. The number of aryl methyl sites for hydroxylation is 1. The lowest BCUT2D eigenvalue weighted by Gasteiger charge is -2.28. The zero-order valence-electron chi connectivity index (χ0n) is 16.0. The largest absolute Gasteiger partial charge is 0.356 e. The van der Waals surface area contributed by atoms with Crippen molar-refractivity contribution in [3.8, 4) is 0 Å². The van der Waals surface area contributed by atoms with E-state index in [0.29, 0.717) is 17.9 Å². The number of rotatable bonds is 3. The highest BCUT2D eigenvalue weighted by atomic mass is 16.2. The van der Waals surface area contributed by atoms with Crippen LogP contribution < -0.4 is 10.2 Å². The highest BCUT2D eigenvalue weighted by Crippen LogP contribution is 2.41. The second-order valence-corrected chi connectivity index (χ2v) is 7.93. The molecule has 0 bridgehead atoms. The summed E-state index contributed by atoms with van der Waals surface area (Å²) in [5.74, 6) is 2.05. The molecule has 28 heavy (non-hydrogen) atoms. The van der Waals surface area contributed by atoms with Gasteiger partial charge in [-0.2, -0.15) is 5.10 Å². The fourth-order valence-corrected chi connectivity index (χ4v) is 4.75.